The van der Waals surface area contributed by atoms with Gasteiger partial charge in [-0.1, -0.05) is 44.2 Å². The molecule has 3 aromatic rings. The first-order valence-electron chi connectivity index (χ1n) is 9.89. The number of rotatable bonds is 9. The van der Waals surface area contributed by atoms with Gasteiger partial charge in [0.05, 0.1) is 7.11 Å². The zero-order chi connectivity index (χ0) is 22.4. The fraction of sp³-hybridized carbons (Fsp3) is 0.240. The van der Waals surface area contributed by atoms with Crippen LogP contribution >= 0.6 is 0 Å². The number of carbonyl (C=O) groups is 1. The van der Waals surface area contributed by atoms with Gasteiger partial charge in [0.2, 0.25) is 0 Å². The lowest BCUT2D eigenvalue weighted by atomic mass is 9.77. The number of ether oxygens (including phenoxy) is 3. The highest BCUT2D eigenvalue weighted by atomic mass is 16.5. The van der Waals surface area contributed by atoms with E-state index >= 15 is 0 Å². The Hall–Kier alpha value is -3.67. The van der Waals surface area contributed by atoms with Gasteiger partial charge >= 0.3 is 5.97 Å². The molecule has 31 heavy (non-hydrogen) atoms. The molecule has 0 fully saturated rings. The van der Waals surface area contributed by atoms with Crippen LogP contribution in [0.5, 0.6) is 23.0 Å². The van der Waals surface area contributed by atoms with Gasteiger partial charge in [0, 0.05) is 5.41 Å². The van der Waals surface area contributed by atoms with Crippen molar-refractivity contribution in [1.29, 1.82) is 0 Å². The number of aromatic carboxylic acids is 1. The highest BCUT2D eigenvalue weighted by Crippen LogP contribution is 2.39. The van der Waals surface area contributed by atoms with Gasteiger partial charge in [-0.25, -0.2) is 4.79 Å². The Kier molecular flexibility index (Phi) is 6.70. The number of methoxy groups -OCH3 is 1. The predicted molar refractivity (Wildman–Crippen MR) is 118 cm³/mol. The van der Waals surface area contributed by atoms with E-state index in [4.69, 9.17) is 14.2 Å². The third-order valence-electron chi connectivity index (χ3n) is 5.19. The van der Waals surface area contributed by atoms with E-state index in [-0.39, 0.29) is 17.1 Å². The van der Waals surface area contributed by atoms with Crippen molar-refractivity contribution in [3.63, 3.8) is 0 Å². The number of aromatic hydroxyl groups is 1. The molecule has 0 radical (unpaired) electrons. The Morgan fingerprint density at radius 3 is 2.00 bits per heavy atom. The molecule has 0 unspecified atom stereocenters. The summed E-state index contributed by atoms with van der Waals surface area (Å²) in [6.45, 7) is 4.80. The molecule has 0 aliphatic carbocycles. The average Bonchev–Trinajstić information content (AvgIpc) is 2.77. The Morgan fingerprint density at radius 1 is 0.871 bits per heavy atom. The third kappa shape index (κ3) is 5.09. The number of carboxylic acid groups (broad SMARTS) is 1. The summed E-state index contributed by atoms with van der Waals surface area (Å²) >= 11 is 0. The minimum absolute atomic E-state index is 0.126. The van der Waals surface area contributed by atoms with Crippen molar-refractivity contribution in [3.8, 4) is 23.0 Å². The van der Waals surface area contributed by atoms with Crippen LogP contribution in [0.25, 0.3) is 0 Å². The van der Waals surface area contributed by atoms with E-state index in [1.807, 2.05) is 68.4 Å². The molecule has 0 spiro atoms. The van der Waals surface area contributed by atoms with Crippen LogP contribution in [0.3, 0.4) is 0 Å². The normalized spacial score (nSPS) is 11.1. The summed E-state index contributed by atoms with van der Waals surface area (Å²) in [7, 11) is 1.39. The number of para-hydroxylation sites is 1. The Labute approximate surface area is 181 Å². The minimum Gasteiger partial charge on any atom is -0.504 e. The van der Waals surface area contributed by atoms with Crippen LogP contribution < -0.4 is 14.2 Å². The molecule has 0 atom stereocenters. The van der Waals surface area contributed by atoms with Crippen LogP contribution in [0.4, 0.5) is 0 Å². The lowest BCUT2D eigenvalue weighted by Crippen LogP contribution is -2.20. The maximum Gasteiger partial charge on any atom is 0.339 e. The largest absolute Gasteiger partial charge is 0.504 e. The monoisotopic (exact) mass is 422 g/mol. The van der Waals surface area contributed by atoms with Crippen molar-refractivity contribution in [3.05, 3.63) is 83.4 Å². The lowest BCUT2D eigenvalue weighted by molar-refractivity contribution is 0.0693. The standard InChI is InChI=1S/C25H26O6/c1-25(2,18-15-21(24(27)28)23(26)22(16-18)29-3)17-9-11-20(12-10-17)31-14-13-30-19-7-5-4-6-8-19/h4-12,15-16,26H,13-14H2,1-3H3,(H,27,28). The van der Waals surface area contributed by atoms with Crippen LogP contribution in [0.15, 0.2) is 66.7 Å². The minimum atomic E-state index is -1.21. The molecule has 0 bridgehead atoms. The van der Waals surface area contributed by atoms with Gasteiger partial charge in [0.1, 0.15) is 30.3 Å². The predicted octanol–water partition coefficient (Wildman–Crippen LogP) is 4.88. The van der Waals surface area contributed by atoms with Gasteiger partial charge in [-0.05, 0) is 47.5 Å². The van der Waals surface area contributed by atoms with Crippen LogP contribution in [0.2, 0.25) is 0 Å². The van der Waals surface area contributed by atoms with Gasteiger partial charge in [-0.15, -0.1) is 0 Å². The molecule has 162 valence electrons. The van der Waals surface area contributed by atoms with E-state index in [0.29, 0.717) is 24.5 Å². The topological polar surface area (TPSA) is 85.2 Å². The zero-order valence-corrected chi connectivity index (χ0v) is 17.8. The molecule has 6 nitrogen and oxygen atoms in total. The summed E-state index contributed by atoms with van der Waals surface area (Å²) < 4.78 is 16.5. The summed E-state index contributed by atoms with van der Waals surface area (Å²) in [6, 6.07) is 20.3. The summed E-state index contributed by atoms with van der Waals surface area (Å²) in [6.07, 6.45) is 0. The second-order valence-corrected chi connectivity index (χ2v) is 7.54. The van der Waals surface area contributed by atoms with E-state index in [2.05, 4.69) is 0 Å². The molecule has 0 aromatic heterocycles. The molecule has 0 aliphatic rings. The van der Waals surface area contributed by atoms with Crippen molar-refractivity contribution in [2.24, 2.45) is 0 Å². The van der Waals surface area contributed by atoms with Crippen LogP contribution in [0.1, 0.15) is 35.3 Å². The van der Waals surface area contributed by atoms with Crippen LogP contribution in [0, 0.1) is 0 Å². The molecule has 0 amide bonds. The number of phenols is 1. The number of hydrogen-bond acceptors (Lipinski definition) is 5. The molecule has 0 aliphatic heterocycles. The molecule has 3 aromatic carbocycles. The highest BCUT2D eigenvalue weighted by molar-refractivity contribution is 5.92. The maximum atomic E-state index is 11.5. The molecule has 0 heterocycles. The first-order valence-corrected chi connectivity index (χ1v) is 9.89. The van der Waals surface area contributed by atoms with Gasteiger partial charge in [0.25, 0.3) is 0 Å². The molecule has 0 saturated carbocycles. The maximum absolute atomic E-state index is 11.5. The van der Waals surface area contributed by atoms with E-state index in [1.165, 1.54) is 13.2 Å². The number of carboxylic acids is 1. The first kappa shape index (κ1) is 22.0. The van der Waals surface area contributed by atoms with Crippen molar-refractivity contribution in [2.45, 2.75) is 19.3 Å². The van der Waals surface area contributed by atoms with Gasteiger partial charge in [0.15, 0.2) is 11.5 Å². The van der Waals surface area contributed by atoms with Gasteiger partial charge < -0.3 is 24.4 Å². The fourth-order valence-electron chi connectivity index (χ4n) is 3.26. The molecule has 0 saturated heterocycles. The summed E-state index contributed by atoms with van der Waals surface area (Å²) in [5.41, 5.74) is 0.954. The van der Waals surface area contributed by atoms with Crippen molar-refractivity contribution in [1.82, 2.24) is 0 Å². The second-order valence-electron chi connectivity index (χ2n) is 7.54. The van der Waals surface area contributed by atoms with E-state index in [0.717, 1.165) is 11.3 Å². The van der Waals surface area contributed by atoms with E-state index < -0.39 is 11.4 Å². The van der Waals surface area contributed by atoms with E-state index in [1.54, 1.807) is 6.07 Å². The second kappa shape index (κ2) is 9.43. The zero-order valence-electron chi connectivity index (χ0n) is 17.8. The van der Waals surface area contributed by atoms with Crippen LogP contribution in [-0.2, 0) is 5.41 Å². The molecular weight excluding hydrogens is 396 g/mol. The van der Waals surface area contributed by atoms with Crippen molar-refractivity contribution in [2.75, 3.05) is 20.3 Å². The Bertz CT molecular complexity index is 1030. The lowest BCUT2D eigenvalue weighted by Gasteiger charge is -2.27. The summed E-state index contributed by atoms with van der Waals surface area (Å²) in [4.78, 5) is 11.5. The van der Waals surface area contributed by atoms with Crippen molar-refractivity contribution < 1.29 is 29.2 Å². The third-order valence-corrected chi connectivity index (χ3v) is 5.19. The molecule has 3 rings (SSSR count). The Morgan fingerprint density at radius 2 is 1.45 bits per heavy atom. The first-order chi connectivity index (χ1) is 14.8. The molecule has 2 N–H and O–H groups in total. The SMILES string of the molecule is COc1cc(C(C)(C)c2ccc(OCCOc3ccccc3)cc2)cc(C(=O)O)c1O. The van der Waals surface area contributed by atoms with Crippen molar-refractivity contribution >= 4 is 5.97 Å². The smallest absolute Gasteiger partial charge is 0.339 e. The molecular formula is C25H26O6. The Balaban J connectivity index is 1.71. The fourth-order valence-corrected chi connectivity index (χ4v) is 3.26. The summed E-state index contributed by atoms with van der Waals surface area (Å²) in [5.74, 6) is 0.0475. The van der Waals surface area contributed by atoms with Gasteiger partial charge in [-0.3, -0.25) is 0 Å². The highest BCUT2D eigenvalue weighted by Gasteiger charge is 2.27. The van der Waals surface area contributed by atoms with Crippen LogP contribution in [-0.4, -0.2) is 36.5 Å². The number of hydrogen-bond donors (Lipinski definition) is 2. The van der Waals surface area contributed by atoms with E-state index in [9.17, 15) is 15.0 Å². The quantitative estimate of drug-likeness (QED) is 0.478. The number of benzene rings is 3. The molecule has 6 heteroatoms. The summed E-state index contributed by atoms with van der Waals surface area (Å²) in [5, 5.41) is 19.5. The average molecular weight is 422 g/mol. The van der Waals surface area contributed by atoms with Gasteiger partial charge in [-0.2, -0.15) is 0 Å².